The van der Waals surface area contributed by atoms with Crippen LogP contribution in [0.1, 0.15) is 34.3 Å². The molecule has 0 bridgehead atoms. The van der Waals surface area contributed by atoms with Crippen molar-refractivity contribution in [1.29, 1.82) is 0 Å². The Morgan fingerprint density at radius 1 is 1.03 bits per heavy atom. The Morgan fingerprint density at radius 2 is 1.70 bits per heavy atom. The molecule has 0 radical (unpaired) electrons. The first-order valence-corrected chi connectivity index (χ1v) is 10.5. The monoisotopic (exact) mass is 399 g/mol. The van der Waals surface area contributed by atoms with E-state index in [-0.39, 0.29) is 18.1 Å². The molecular weight excluding hydrogens is 374 g/mol. The van der Waals surface area contributed by atoms with Crippen LogP contribution >= 0.6 is 0 Å². The van der Waals surface area contributed by atoms with Gasteiger partial charge in [0.1, 0.15) is 6.61 Å². The highest BCUT2D eigenvalue weighted by molar-refractivity contribution is 5.79. The van der Waals surface area contributed by atoms with Crippen LogP contribution in [0.5, 0.6) is 0 Å². The highest BCUT2D eigenvalue weighted by atomic mass is 16.6. The highest BCUT2D eigenvalue weighted by Gasteiger charge is 2.33. The first-order valence-electron chi connectivity index (χ1n) is 10.5. The van der Waals surface area contributed by atoms with E-state index in [0.717, 1.165) is 17.8 Å². The van der Waals surface area contributed by atoms with Crippen molar-refractivity contribution in [2.75, 3.05) is 26.2 Å². The van der Waals surface area contributed by atoms with Gasteiger partial charge in [0.05, 0.1) is 6.04 Å². The zero-order valence-electron chi connectivity index (χ0n) is 17.0. The topological polar surface area (TPSA) is 54.5 Å². The first kappa shape index (κ1) is 18.8. The molecule has 0 spiro atoms. The van der Waals surface area contributed by atoms with Gasteiger partial charge in [0.25, 0.3) is 0 Å². The molecule has 5 nitrogen and oxygen atoms in total. The number of nitrogens with zero attached hydrogens (tertiary/aromatic N) is 2. The van der Waals surface area contributed by atoms with E-state index in [1.807, 2.05) is 24.0 Å². The summed E-state index contributed by atoms with van der Waals surface area (Å²) in [6, 6.07) is 20.7. The molecule has 1 atom stereocenters. The van der Waals surface area contributed by atoms with Crippen LogP contribution in [0.4, 0.5) is 4.79 Å². The van der Waals surface area contributed by atoms with Crippen molar-refractivity contribution in [3.05, 3.63) is 89.2 Å². The Kier molecular flexibility index (Phi) is 4.97. The summed E-state index contributed by atoms with van der Waals surface area (Å²) >= 11 is 0. The minimum Gasteiger partial charge on any atom is -0.448 e. The molecule has 0 saturated carbocycles. The first-order chi connectivity index (χ1) is 14.7. The summed E-state index contributed by atoms with van der Waals surface area (Å²) in [6.45, 7) is 4.42. The number of carbonyl (C=O) groups excluding carboxylic acids is 1. The molecular formula is C25H25N3O2. The number of aryl methyl sites for hydroxylation is 1. The molecule has 152 valence electrons. The van der Waals surface area contributed by atoms with Crippen LogP contribution in [0.15, 0.2) is 66.9 Å². The Morgan fingerprint density at radius 3 is 2.40 bits per heavy atom. The molecule has 1 amide bonds. The smallest absolute Gasteiger partial charge is 0.410 e. The molecule has 2 aliphatic rings. The molecule has 5 heteroatoms. The number of fused-ring (bicyclic) bond motifs is 3. The minimum atomic E-state index is -0.258. The number of ether oxygens (including phenoxy) is 1. The number of nitrogens with one attached hydrogen (secondary N) is 1. The van der Waals surface area contributed by atoms with Gasteiger partial charge < -0.3 is 10.1 Å². The number of carbonyl (C=O) groups is 1. The zero-order chi connectivity index (χ0) is 20.5. The summed E-state index contributed by atoms with van der Waals surface area (Å²) in [4.78, 5) is 19.4. The Bertz CT molecular complexity index is 1040. The van der Waals surface area contributed by atoms with Gasteiger partial charge in [-0.15, -0.1) is 0 Å². The summed E-state index contributed by atoms with van der Waals surface area (Å²) in [5.41, 5.74) is 6.94. The maximum atomic E-state index is 13.1. The van der Waals surface area contributed by atoms with Crippen molar-refractivity contribution in [2.45, 2.75) is 18.9 Å². The Balaban J connectivity index is 1.36. The molecule has 1 fully saturated rings. The fourth-order valence-electron chi connectivity index (χ4n) is 4.73. The van der Waals surface area contributed by atoms with Gasteiger partial charge in [0.15, 0.2) is 0 Å². The number of benzene rings is 2. The molecule has 5 rings (SSSR count). The third-order valence-corrected chi connectivity index (χ3v) is 6.22. The summed E-state index contributed by atoms with van der Waals surface area (Å²) < 4.78 is 5.91. The average molecular weight is 399 g/mol. The van der Waals surface area contributed by atoms with Crippen LogP contribution in [0.3, 0.4) is 0 Å². The lowest BCUT2D eigenvalue weighted by atomic mass is 9.98. The van der Waals surface area contributed by atoms with Gasteiger partial charge in [-0.05, 0) is 40.8 Å². The fourth-order valence-corrected chi connectivity index (χ4v) is 4.73. The van der Waals surface area contributed by atoms with E-state index in [1.165, 1.54) is 22.3 Å². The summed E-state index contributed by atoms with van der Waals surface area (Å²) in [6.07, 6.45) is 1.53. The van der Waals surface area contributed by atoms with Crippen LogP contribution in [-0.2, 0) is 4.74 Å². The molecule has 1 aliphatic heterocycles. The number of rotatable bonds is 3. The number of aromatic nitrogens is 1. The molecule has 2 heterocycles. The van der Waals surface area contributed by atoms with Gasteiger partial charge >= 0.3 is 6.09 Å². The van der Waals surface area contributed by atoms with E-state index in [1.54, 1.807) is 6.20 Å². The molecule has 3 aromatic rings. The van der Waals surface area contributed by atoms with E-state index in [4.69, 9.17) is 4.74 Å². The molecule has 1 aromatic heterocycles. The van der Waals surface area contributed by atoms with Crippen LogP contribution in [0.25, 0.3) is 11.1 Å². The predicted molar refractivity (Wildman–Crippen MR) is 116 cm³/mol. The van der Waals surface area contributed by atoms with Crippen molar-refractivity contribution >= 4 is 6.09 Å². The van der Waals surface area contributed by atoms with Gasteiger partial charge in [-0.3, -0.25) is 9.88 Å². The van der Waals surface area contributed by atoms with Crippen molar-refractivity contribution in [2.24, 2.45) is 0 Å². The van der Waals surface area contributed by atoms with Crippen molar-refractivity contribution < 1.29 is 9.53 Å². The molecule has 30 heavy (non-hydrogen) atoms. The summed E-state index contributed by atoms with van der Waals surface area (Å²) in [5, 5.41) is 3.39. The van der Waals surface area contributed by atoms with E-state index in [2.05, 4.69) is 58.8 Å². The van der Waals surface area contributed by atoms with Gasteiger partial charge in [-0.25, -0.2) is 4.79 Å². The van der Waals surface area contributed by atoms with Gasteiger partial charge in [-0.1, -0.05) is 54.6 Å². The minimum absolute atomic E-state index is 0.0666. The predicted octanol–water partition coefficient (Wildman–Crippen LogP) is 4.29. The highest BCUT2D eigenvalue weighted by Crippen LogP contribution is 2.44. The van der Waals surface area contributed by atoms with E-state index in [0.29, 0.717) is 19.7 Å². The lowest BCUT2D eigenvalue weighted by Gasteiger charge is -2.36. The number of hydrogen-bond donors (Lipinski definition) is 1. The SMILES string of the molecule is Cc1ncccc1C1CNCCN1C(=O)OCC1c2ccccc2-c2ccccc21. The van der Waals surface area contributed by atoms with Crippen LogP contribution in [-0.4, -0.2) is 42.2 Å². The lowest BCUT2D eigenvalue weighted by molar-refractivity contribution is 0.0750. The molecule has 1 unspecified atom stereocenters. The maximum Gasteiger partial charge on any atom is 0.410 e. The summed E-state index contributed by atoms with van der Waals surface area (Å²) in [5.74, 6) is 0.0721. The van der Waals surface area contributed by atoms with Gasteiger partial charge in [0, 0.05) is 37.4 Å². The van der Waals surface area contributed by atoms with E-state index in [9.17, 15) is 4.79 Å². The number of pyridine rings is 1. The summed E-state index contributed by atoms with van der Waals surface area (Å²) in [7, 11) is 0. The van der Waals surface area contributed by atoms with E-state index < -0.39 is 0 Å². The largest absolute Gasteiger partial charge is 0.448 e. The maximum absolute atomic E-state index is 13.1. The van der Waals surface area contributed by atoms with Gasteiger partial charge in [0.2, 0.25) is 0 Å². The second-order valence-electron chi connectivity index (χ2n) is 7.90. The molecule has 2 aromatic carbocycles. The second kappa shape index (κ2) is 7.92. The molecule has 1 N–H and O–H groups in total. The second-order valence-corrected chi connectivity index (χ2v) is 7.90. The van der Waals surface area contributed by atoms with Crippen LogP contribution < -0.4 is 5.32 Å². The number of amides is 1. The van der Waals surface area contributed by atoms with Crippen molar-refractivity contribution in [1.82, 2.24) is 15.2 Å². The molecule has 1 saturated heterocycles. The Hall–Kier alpha value is -3.18. The number of hydrogen-bond acceptors (Lipinski definition) is 4. The van der Waals surface area contributed by atoms with Crippen LogP contribution in [0.2, 0.25) is 0 Å². The quantitative estimate of drug-likeness (QED) is 0.714. The van der Waals surface area contributed by atoms with Crippen LogP contribution in [0, 0.1) is 6.92 Å². The zero-order valence-corrected chi connectivity index (χ0v) is 17.0. The normalized spacial score (nSPS) is 18.0. The van der Waals surface area contributed by atoms with Crippen molar-refractivity contribution in [3.8, 4) is 11.1 Å². The number of piperazine rings is 1. The average Bonchev–Trinajstić information content (AvgIpc) is 3.12. The van der Waals surface area contributed by atoms with Gasteiger partial charge in [-0.2, -0.15) is 0 Å². The van der Waals surface area contributed by atoms with Crippen molar-refractivity contribution in [3.63, 3.8) is 0 Å². The third-order valence-electron chi connectivity index (χ3n) is 6.22. The Labute approximate surface area is 176 Å². The standard InChI is InChI=1S/C25H25N3O2/c1-17-18(11-6-12-27-17)24-15-26-13-14-28(24)25(29)30-16-23-21-9-4-2-7-19(21)20-8-3-5-10-22(20)23/h2-12,23-24,26H,13-16H2,1H3. The molecule has 1 aliphatic carbocycles. The lowest BCUT2D eigenvalue weighted by Crippen LogP contribution is -2.49. The third kappa shape index (κ3) is 3.25. The fraction of sp³-hybridized carbons (Fsp3) is 0.280. The van der Waals surface area contributed by atoms with E-state index >= 15 is 0 Å².